The standard InChI is InChI=1S/C22H31N3O3S/c1-5-16(4)17-6-8-18(9-7-17)22(15(2)3)24-14-21(26)25-19-10-12-20(13-11-19)29(23,27)28/h6-13,15-16,22,24H,5,14H2,1-4H3,(H,25,26)(H2,23,27,28)/p+1/t16-,22-/m0/s1. The molecular formula is C22H32N3O3S+. The first-order chi connectivity index (χ1) is 13.6. The number of amides is 1. The Morgan fingerprint density at radius 3 is 2.03 bits per heavy atom. The number of nitrogens with two attached hydrogens (primary N) is 2. The minimum atomic E-state index is -3.74. The third-order valence-electron chi connectivity index (χ3n) is 5.24. The highest BCUT2D eigenvalue weighted by molar-refractivity contribution is 7.89. The number of sulfonamides is 1. The molecule has 0 aliphatic heterocycles. The van der Waals surface area contributed by atoms with Gasteiger partial charge >= 0.3 is 0 Å². The van der Waals surface area contributed by atoms with Gasteiger partial charge < -0.3 is 10.6 Å². The number of nitrogens with one attached hydrogen (secondary N) is 1. The molecule has 0 saturated heterocycles. The lowest BCUT2D eigenvalue weighted by molar-refractivity contribution is -0.692. The first kappa shape index (κ1) is 23.1. The molecule has 0 spiro atoms. The van der Waals surface area contributed by atoms with Gasteiger partial charge in [-0.3, -0.25) is 4.79 Å². The molecule has 0 aliphatic carbocycles. The molecule has 5 N–H and O–H groups in total. The second-order valence-corrected chi connectivity index (χ2v) is 9.36. The maximum atomic E-state index is 12.3. The second-order valence-electron chi connectivity index (χ2n) is 7.80. The summed E-state index contributed by atoms with van der Waals surface area (Å²) in [6.07, 6.45) is 1.11. The second kappa shape index (κ2) is 10.0. The van der Waals surface area contributed by atoms with Gasteiger partial charge in [0.25, 0.3) is 5.91 Å². The fourth-order valence-electron chi connectivity index (χ4n) is 3.25. The van der Waals surface area contributed by atoms with Crippen molar-refractivity contribution in [1.29, 1.82) is 0 Å². The van der Waals surface area contributed by atoms with E-state index >= 15 is 0 Å². The predicted octanol–water partition coefficient (Wildman–Crippen LogP) is 2.75. The maximum Gasteiger partial charge on any atom is 0.279 e. The highest BCUT2D eigenvalue weighted by atomic mass is 32.2. The van der Waals surface area contributed by atoms with Crippen LogP contribution in [0.4, 0.5) is 5.69 Å². The van der Waals surface area contributed by atoms with Crippen LogP contribution in [0, 0.1) is 5.92 Å². The average molecular weight is 419 g/mol. The van der Waals surface area contributed by atoms with Crippen molar-refractivity contribution < 1.29 is 18.5 Å². The van der Waals surface area contributed by atoms with Crippen molar-refractivity contribution in [3.8, 4) is 0 Å². The summed E-state index contributed by atoms with van der Waals surface area (Å²) < 4.78 is 22.6. The van der Waals surface area contributed by atoms with Crippen molar-refractivity contribution in [2.45, 2.75) is 51.0 Å². The molecule has 0 aliphatic rings. The van der Waals surface area contributed by atoms with Gasteiger partial charge in [0.05, 0.1) is 4.90 Å². The summed E-state index contributed by atoms with van der Waals surface area (Å²) in [6.45, 7) is 8.97. The zero-order valence-corrected chi connectivity index (χ0v) is 18.4. The summed E-state index contributed by atoms with van der Waals surface area (Å²) in [4.78, 5) is 12.4. The SMILES string of the molecule is CC[C@H](C)c1ccc([C@@H]([NH2+]CC(=O)Nc2ccc(S(N)(=O)=O)cc2)C(C)C)cc1. The van der Waals surface area contributed by atoms with E-state index in [0.717, 1.165) is 6.42 Å². The van der Waals surface area contributed by atoms with Crippen LogP contribution >= 0.6 is 0 Å². The Balaban J connectivity index is 1.98. The highest BCUT2D eigenvalue weighted by Gasteiger charge is 2.21. The van der Waals surface area contributed by atoms with Gasteiger partial charge in [-0.05, 0) is 42.2 Å². The molecule has 0 aromatic heterocycles. The van der Waals surface area contributed by atoms with Gasteiger partial charge in [-0.15, -0.1) is 0 Å². The molecule has 0 heterocycles. The van der Waals surface area contributed by atoms with E-state index in [1.54, 1.807) is 0 Å². The lowest BCUT2D eigenvalue weighted by Crippen LogP contribution is -2.88. The van der Waals surface area contributed by atoms with Crippen LogP contribution in [0.25, 0.3) is 0 Å². The van der Waals surface area contributed by atoms with E-state index in [1.165, 1.54) is 35.4 Å². The van der Waals surface area contributed by atoms with Crippen LogP contribution in [-0.2, 0) is 14.8 Å². The Bertz CT molecular complexity index is 907. The van der Waals surface area contributed by atoms with Gasteiger partial charge in [-0.25, -0.2) is 13.6 Å². The molecule has 2 aromatic carbocycles. The zero-order valence-electron chi connectivity index (χ0n) is 17.6. The van der Waals surface area contributed by atoms with E-state index in [2.05, 4.69) is 57.3 Å². The molecule has 7 heteroatoms. The van der Waals surface area contributed by atoms with Crippen molar-refractivity contribution in [2.75, 3.05) is 11.9 Å². The van der Waals surface area contributed by atoms with Crippen molar-refractivity contribution in [2.24, 2.45) is 11.1 Å². The Hall–Kier alpha value is -2.22. The largest absolute Gasteiger partial charge is 0.332 e. The molecule has 2 aromatic rings. The number of primary sulfonamides is 1. The Morgan fingerprint density at radius 2 is 1.55 bits per heavy atom. The quantitative estimate of drug-likeness (QED) is 0.583. The Labute approximate surface area is 173 Å². The average Bonchev–Trinajstić information content (AvgIpc) is 2.67. The molecule has 158 valence electrons. The highest BCUT2D eigenvalue weighted by Crippen LogP contribution is 2.23. The van der Waals surface area contributed by atoms with Crippen LogP contribution in [0.15, 0.2) is 53.4 Å². The van der Waals surface area contributed by atoms with E-state index in [0.29, 0.717) is 17.5 Å². The zero-order chi connectivity index (χ0) is 21.6. The van der Waals surface area contributed by atoms with Gasteiger partial charge in [0.2, 0.25) is 10.0 Å². The van der Waals surface area contributed by atoms with Crippen molar-refractivity contribution in [3.63, 3.8) is 0 Å². The summed E-state index contributed by atoms with van der Waals surface area (Å²) in [5.41, 5.74) is 3.08. The lowest BCUT2D eigenvalue weighted by atomic mass is 9.92. The number of anilines is 1. The molecule has 2 rings (SSSR count). The van der Waals surface area contributed by atoms with Crippen molar-refractivity contribution >= 4 is 21.6 Å². The molecule has 2 atom stereocenters. The minimum absolute atomic E-state index is 0.0165. The number of quaternary nitrogens is 1. The smallest absolute Gasteiger partial charge is 0.279 e. The molecule has 0 radical (unpaired) electrons. The van der Waals surface area contributed by atoms with Gasteiger partial charge in [0.15, 0.2) is 6.54 Å². The minimum Gasteiger partial charge on any atom is -0.332 e. The molecule has 6 nitrogen and oxygen atoms in total. The topological polar surface area (TPSA) is 106 Å². The molecule has 0 saturated carbocycles. The normalized spacial score (nSPS) is 13.9. The van der Waals surface area contributed by atoms with Crippen LogP contribution in [0.5, 0.6) is 0 Å². The molecule has 1 amide bonds. The van der Waals surface area contributed by atoms with E-state index < -0.39 is 10.0 Å². The number of rotatable bonds is 9. The Kier molecular flexibility index (Phi) is 7.96. The third kappa shape index (κ3) is 6.66. The van der Waals surface area contributed by atoms with Gasteiger partial charge in [-0.2, -0.15) is 0 Å². The van der Waals surface area contributed by atoms with E-state index in [4.69, 9.17) is 5.14 Å². The summed E-state index contributed by atoms with van der Waals surface area (Å²) in [6, 6.07) is 14.7. The van der Waals surface area contributed by atoms with E-state index in [9.17, 15) is 13.2 Å². The van der Waals surface area contributed by atoms with Crippen LogP contribution in [0.2, 0.25) is 0 Å². The first-order valence-corrected chi connectivity index (χ1v) is 11.5. The number of carbonyl (C=O) groups excluding carboxylic acids is 1. The van der Waals surface area contributed by atoms with Crippen LogP contribution in [-0.4, -0.2) is 20.9 Å². The summed E-state index contributed by atoms with van der Waals surface area (Å²) in [7, 11) is -3.74. The summed E-state index contributed by atoms with van der Waals surface area (Å²) >= 11 is 0. The summed E-state index contributed by atoms with van der Waals surface area (Å²) in [5.74, 6) is 0.762. The van der Waals surface area contributed by atoms with Crippen molar-refractivity contribution in [3.05, 3.63) is 59.7 Å². The fourth-order valence-corrected chi connectivity index (χ4v) is 3.77. The van der Waals surface area contributed by atoms with Gasteiger partial charge in [-0.1, -0.05) is 52.0 Å². The number of carbonyl (C=O) groups is 1. The Morgan fingerprint density at radius 1 is 1.00 bits per heavy atom. The lowest BCUT2D eigenvalue weighted by Gasteiger charge is -2.20. The van der Waals surface area contributed by atoms with Crippen LogP contribution in [0.3, 0.4) is 0 Å². The molecule has 0 unspecified atom stereocenters. The third-order valence-corrected chi connectivity index (χ3v) is 6.17. The van der Waals surface area contributed by atoms with E-state index in [1.807, 2.05) is 5.32 Å². The molecular weight excluding hydrogens is 386 g/mol. The molecule has 0 fully saturated rings. The first-order valence-electron chi connectivity index (χ1n) is 9.97. The van der Waals surface area contributed by atoms with E-state index in [-0.39, 0.29) is 23.4 Å². The number of hydrogen-bond acceptors (Lipinski definition) is 3. The van der Waals surface area contributed by atoms with Gasteiger partial charge in [0, 0.05) is 17.2 Å². The maximum absolute atomic E-state index is 12.3. The van der Waals surface area contributed by atoms with Crippen molar-refractivity contribution in [1.82, 2.24) is 0 Å². The van der Waals surface area contributed by atoms with Crippen LogP contribution < -0.4 is 15.8 Å². The molecule has 29 heavy (non-hydrogen) atoms. The van der Waals surface area contributed by atoms with Crippen LogP contribution in [0.1, 0.15) is 57.2 Å². The monoisotopic (exact) mass is 418 g/mol. The number of benzene rings is 2. The molecule has 0 bridgehead atoms. The summed E-state index contributed by atoms with van der Waals surface area (Å²) in [5, 5.41) is 9.92. The fraction of sp³-hybridized carbons (Fsp3) is 0.409. The van der Waals surface area contributed by atoms with Gasteiger partial charge in [0.1, 0.15) is 6.04 Å². The number of hydrogen-bond donors (Lipinski definition) is 3. The predicted molar refractivity (Wildman–Crippen MR) is 116 cm³/mol.